The molecule has 5 nitrogen and oxygen atoms in total. The molecule has 104 valence electrons. The van der Waals surface area contributed by atoms with E-state index in [4.69, 9.17) is 4.74 Å². The van der Waals surface area contributed by atoms with Gasteiger partial charge in [-0.2, -0.15) is 0 Å². The molecule has 0 unspecified atom stereocenters. The van der Waals surface area contributed by atoms with E-state index in [1.165, 1.54) is 24.1 Å². The lowest BCUT2D eigenvalue weighted by Crippen LogP contribution is -2.42. The van der Waals surface area contributed by atoms with Crippen LogP contribution < -0.4 is 5.32 Å². The predicted molar refractivity (Wildman–Crippen MR) is 72.2 cm³/mol. The minimum Gasteiger partial charge on any atom is -0.388 e. The highest BCUT2D eigenvalue weighted by atomic mass is 16.5. The number of nitrogens with one attached hydrogen (secondary N) is 1. The first-order chi connectivity index (χ1) is 9.27. The van der Waals surface area contributed by atoms with Crippen molar-refractivity contribution in [2.75, 3.05) is 25.1 Å². The lowest BCUT2D eigenvalue weighted by Gasteiger charge is -2.32. The molecule has 0 amide bonds. The fraction of sp³-hybridized carbons (Fsp3) is 0.714. The molecule has 2 N–H and O–H groups in total. The Bertz CT molecular complexity index is 444. The summed E-state index contributed by atoms with van der Waals surface area (Å²) >= 11 is 0. The van der Waals surface area contributed by atoms with Gasteiger partial charge >= 0.3 is 0 Å². The maximum absolute atomic E-state index is 10.5. The van der Waals surface area contributed by atoms with Crippen LogP contribution in [0.25, 0.3) is 0 Å². The molecule has 2 heterocycles. The number of nitrogens with zero attached hydrogens (tertiary/aromatic N) is 2. The van der Waals surface area contributed by atoms with Crippen LogP contribution in [0.5, 0.6) is 0 Å². The molecule has 1 aliphatic heterocycles. The SMILES string of the molecule is OC1(CNc2ncnc3c2CCCC3)CCOCC1. The average Bonchev–Trinajstić information content (AvgIpc) is 2.46. The number of aromatic nitrogens is 2. The molecule has 0 bridgehead atoms. The van der Waals surface area contributed by atoms with Gasteiger partial charge in [0.15, 0.2) is 0 Å². The molecule has 3 rings (SSSR count). The summed E-state index contributed by atoms with van der Waals surface area (Å²) in [5.41, 5.74) is 1.75. The van der Waals surface area contributed by atoms with Crippen molar-refractivity contribution in [1.82, 2.24) is 9.97 Å². The number of rotatable bonds is 3. The summed E-state index contributed by atoms with van der Waals surface area (Å²) in [5.74, 6) is 0.907. The molecule has 1 aromatic heterocycles. The summed E-state index contributed by atoms with van der Waals surface area (Å²) in [6.07, 6.45) is 7.50. The van der Waals surface area contributed by atoms with E-state index in [-0.39, 0.29) is 0 Å². The van der Waals surface area contributed by atoms with E-state index < -0.39 is 5.60 Å². The third-order valence-corrected chi connectivity index (χ3v) is 4.13. The molecule has 0 radical (unpaired) electrons. The van der Waals surface area contributed by atoms with Gasteiger partial charge in [0.2, 0.25) is 0 Å². The Balaban J connectivity index is 1.69. The second-order valence-electron chi connectivity index (χ2n) is 5.54. The Morgan fingerprint density at radius 3 is 2.84 bits per heavy atom. The van der Waals surface area contributed by atoms with Crippen LogP contribution in [0.4, 0.5) is 5.82 Å². The van der Waals surface area contributed by atoms with E-state index >= 15 is 0 Å². The van der Waals surface area contributed by atoms with Crippen LogP contribution in [-0.2, 0) is 17.6 Å². The Morgan fingerprint density at radius 2 is 2.00 bits per heavy atom. The number of anilines is 1. The zero-order valence-electron chi connectivity index (χ0n) is 11.2. The fourth-order valence-electron chi connectivity index (χ4n) is 2.85. The van der Waals surface area contributed by atoms with Gasteiger partial charge in [-0.05, 0) is 25.7 Å². The van der Waals surface area contributed by atoms with Crippen molar-refractivity contribution in [3.8, 4) is 0 Å². The average molecular weight is 263 g/mol. The molecule has 1 fully saturated rings. The molecule has 1 saturated heterocycles. The Kier molecular flexibility index (Phi) is 3.66. The highest BCUT2D eigenvalue weighted by Crippen LogP contribution is 2.26. The highest BCUT2D eigenvalue weighted by Gasteiger charge is 2.30. The van der Waals surface area contributed by atoms with Crippen LogP contribution >= 0.6 is 0 Å². The molecule has 0 spiro atoms. The normalized spacial score (nSPS) is 21.7. The van der Waals surface area contributed by atoms with Crippen LogP contribution in [0.15, 0.2) is 6.33 Å². The molecule has 0 atom stereocenters. The second kappa shape index (κ2) is 5.43. The van der Waals surface area contributed by atoms with E-state index in [1.807, 2.05) is 0 Å². The van der Waals surface area contributed by atoms with Gasteiger partial charge in [-0.15, -0.1) is 0 Å². The molecule has 0 aromatic carbocycles. The summed E-state index contributed by atoms with van der Waals surface area (Å²) in [4.78, 5) is 8.70. The molecular weight excluding hydrogens is 242 g/mol. The lowest BCUT2D eigenvalue weighted by molar-refractivity contribution is -0.0543. The molecule has 1 aromatic rings. The number of hydrogen-bond donors (Lipinski definition) is 2. The predicted octanol–water partition coefficient (Wildman–Crippen LogP) is 1.31. The first-order valence-electron chi connectivity index (χ1n) is 7.14. The third-order valence-electron chi connectivity index (χ3n) is 4.13. The van der Waals surface area contributed by atoms with Crippen LogP contribution in [0.2, 0.25) is 0 Å². The van der Waals surface area contributed by atoms with Gasteiger partial charge in [-0.3, -0.25) is 0 Å². The van der Waals surface area contributed by atoms with Gasteiger partial charge in [-0.25, -0.2) is 9.97 Å². The Hall–Kier alpha value is -1.20. The monoisotopic (exact) mass is 263 g/mol. The van der Waals surface area contributed by atoms with Crippen LogP contribution in [0.1, 0.15) is 36.9 Å². The zero-order chi connectivity index (χ0) is 13.1. The van der Waals surface area contributed by atoms with Crippen molar-refractivity contribution in [1.29, 1.82) is 0 Å². The van der Waals surface area contributed by atoms with Crippen molar-refractivity contribution in [3.05, 3.63) is 17.6 Å². The number of aliphatic hydroxyl groups is 1. The maximum Gasteiger partial charge on any atom is 0.132 e. The largest absolute Gasteiger partial charge is 0.388 e. The summed E-state index contributed by atoms with van der Waals surface area (Å²) in [6, 6.07) is 0. The summed E-state index contributed by atoms with van der Waals surface area (Å²) in [5, 5.41) is 13.8. The first-order valence-corrected chi connectivity index (χ1v) is 7.14. The third kappa shape index (κ3) is 2.87. The lowest BCUT2D eigenvalue weighted by atomic mass is 9.93. The van der Waals surface area contributed by atoms with Gasteiger partial charge in [0.25, 0.3) is 0 Å². The van der Waals surface area contributed by atoms with Crippen LogP contribution in [-0.4, -0.2) is 40.4 Å². The Morgan fingerprint density at radius 1 is 1.21 bits per heavy atom. The van der Waals surface area contributed by atoms with Crippen molar-refractivity contribution < 1.29 is 9.84 Å². The van der Waals surface area contributed by atoms with E-state index in [1.54, 1.807) is 6.33 Å². The van der Waals surface area contributed by atoms with E-state index in [0.29, 0.717) is 32.6 Å². The molecular formula is C14H21N3O2. The van der Waals surface area contributed by atoms with Crippen molar-refractivity contribution in [3.63, 3.8) is 0 Å². The van der Waals surface area contributed by atoms with Gasteiger partial charge in [-0.1, -0.05) is 0 Å². The van der Waals surface area contributed by atoms with Gasteiger partial charge in [0.1, 0.15) is 12.1 Å². The number of fused-ring (bicyclic) bond motifs is 1. The molecule has 19 heavy (non-hydrogen) atoms. The van der Waals surface area contributed by atoms with Crippen molar-refractivity contribution >= 4 is 5.82 Å². The van der Waals surface area contributed by atoms with E-state index in [0.717, 1.165) is 18.7 Å². The van der Waals surface area contributed by atoms with Crippen molar-refractivity contribution in [2.45, 2.75) is 44.1 Å². The molecule has 1 aliphatic carbocycles. The zero-order valence-corrected chi connectivity index (χ0v) is 11.2. The molecule has 0 saturated carbocycles. The minimum absolute atomic E-state index is 0.541. The summed E-state index contributed by atoms with van der Waals surface area (Å²) < 4.78 is 5.29. The maximum atomic E-state index is 10.5. The molecule has 2 aliphatic rings. The fourth-order valence-corrected chi connectivity index (χ4v) is 2.85. The minimum atomic E-state index is -0.662. The summed E-state index contributed by atoms with van der Waals surface area (Å²) in [6.45, 7) is 1.82. The standard InChI is InChI=1S/C14H21N3O2/c18-14(5-7-19-8-6-14)9-15-13-11-3-1-2-4-12(11)16-10-17-13/h10,18H,1-9H2,(H,15,16,17). The second-order valence-corrected chi connectivity index (χ2v) is 5.54. The van der Waals surface area contributed by atoms with Gasteiger partial charge in [0.05, 0.1) is 5.60 Å². The number of ether oxygens (including phenoxy) is 1. The van der Waals surface area contributed by atoms with Gasteiger partial charge < -0.3 is 15.2 Å². The van der Waals surface area contributed by atoms with Crippen molar-refractivity contribution in [2.24, 2.45) is 0 Å². The van der Waals surface area contributed by atoms with Gasteiger partial charge in [0, 0.05) is 43.9 Å². The highest BCUT2D eigenvalue weighted by molar-refractivity contribution is 5.47. The topological polar surface area (TPSA) is 67.3 Å². The Labute approximate surface area is 113 Å². The van der Waals surface area contributed by atoms with Crippen LogP contribution in [0, 0.1) is 0 Å². The summed E-state index contributed by atoms with van der Waals surface area (Å²) in [7, 11) is 0. The van der Waals surface area contributed by atoms with E-state index in [2.05, 4.69) is 15.3 Å². The van der Waals surface area contributed by atoms with Crippen LogP contribution in [0.3, 0.4) is 0 Å². The quantitative estimate of drug-likeness (QED) is 0.860. The number of aryl methyl sites for hydroxylation is 1. The first kappa shape index (κ1) is 12.8. The smallest absolute Gasteiger partial charge is 0.132 e. The van der Waals surface area contributed by atoms with E-state index in [9.17, 15) is 5.11 Å². The molecule has 5 heteroatoms. The number of hydrogen-bond acceptors (Lipinski definition) is 5.